The summed E-state index contributed by atoms with van der Waals surface area (Å²) < 4.78 is 0. The van der Waals surface area contributed by atoms with E-state index in [1.54, 1.807) is 6.08 Å². The molecule has 0 saturated heterocycles. The molecule has 0 saturated carbocycles. The van der Waals surface area contributed by atoms with Crippen molar-refractivity contribution in [1.29, 1.82) is 0 Å². The second kappa shape index (κ2) is 15.9. The summed E-state index contributed by atoms with van der Waals surface area (Å²) >= 11 is 0. The summed E-state index contributed by atoms with van der Waals surface area (Å²) in [4.78, 5) is 14.6. The summed E-state index contributed by atoms with van der Waals surface area (Å²) in [6.07, 6.45) is 16.8. The van der Waals surface area contributed by atoms with Gasteiger partial charge in [-0.2, -0.15) is 0 Å². The molecule has 1 unspecified atom stereocenters. The van der Waals surface area contributed by atoms with Crippen molar-refractivity contribution in [3.05, 3.63) is 161 Å². The number of carbonyl (C=O) groups excluding carboxylic acids is 1. The zero-order valence-electron chi connectivity index (χ0n) is 25.7. The van der Waals surface area contributed by atoms with Gasteiger partial charge in [-0.25, -0.2) is 0 Å². The number of ketones is 1. The number of rotatable bonds is 13. The Morgan fingerprint density at radius 3 is 2.07 bits per heavy atom. The van der Waals surface area contributed by atoms with Gasteiger partial charge in [0.1, 0.15) is 0 Å². The van der Waals surface area contributed by atoms with Crippen LogP contribution in [-0.4, -0.2) is 5.78 Å². The SMILES string of the molecule is C=C/C=C\C=C(/C)c1ccc(CCCC2=C(CCC)C=C(CC)CC(C(c3ccccc3)c3ccccc3)C2=O)cc1. The third-order valence-corrected chi connectivity index (χ3v) is 8.47. The van der Waals surface area contributed by atoms with Gasteiger partial charge in [-0.15, -0.1) is 0 Å². The number of hydrogen-bond donors (Lipinski definition) is 0. The molecule has 1 aliphatic rings. The number of hydrogen-bond acceptors (Lipinski definition) is 1. The van der Waals surface area contributed by atoms with Crippen LogP contribution in [0.1, 0.15) is 87.5 Å². The summed E-state index contributed by atoms with van der Waals surface area (Å²) in [6, 6.07) is 30.2. The molecule has 3 aromatic carbocycles. The zero-order valence-corrected chi connectivity index (χ0v) is 25.7. The zero-order chi connectivity index (χ0) is 29.7. The van der Waals surface area contributed by atoms with Crippen molar-refractivity contribution in [2.75, 3.05) is 0 Å². The van der Waals surface area contributed by atoms with E-state index in [2.05, 4.69) is 124 Å². The Hall–Kier alpha value is -3.97. The highest BCUT2D eigenvalue weighted by atomic mass is 16.1. The van der Waals surface area contributed by atoms with Gasteiger partial charge in [0.15, 0.2) is 5.78 Å². The first-order chi connectivity index (χ1) is 20.5. The third kappa shape index (κ3) is 8.07. The third-order valence-electron chi connectivity index (χ3n) is 8.47. The Kier molecular flexibility index (Phi) is 11.7. The molecule has 0 radical (unpaired) electrons. The van der Waals surface area contributed by atoms with Crippen molar-refractivity contribution in [3.8, 4) is 0 Å². The first-order valence-corrected chi connectivity index (χ1v) is 15.7. The topological polar surface area (TPSA) is 17.1 Å². The second-order valence-corrected chi connectivity index (χ2v) is 11.4. The Morgan fingerprint density at radius 1 is 0.857 bits per heavy atom. The molecule has 1 aliphatic carbocycles. The van der Waals surface area contributed by atoms with Crippen molar-refractivity contribution < 1.29 is 4.79 Å². The van der Waals surface area contributed by atoms with Gasteiger partial charge < -0.3 is 0 Å². The minimum Gasteiger partial charge on any atom is -0.294 e. The van der Waals surface area contributed by atoms with Crippen LogP contribution >= 0.6 is 0 Å². The van der Waals surface area contributed by atoms with Crippen LogP contribution in [0.3, 0.4) is 0 Å². The molecule has 1 nitrogen and oxygen atoms in total. The normalized spacial score (nSPS) is 16.2. The van der Waals surface area contributed by atoms with Gasteiger partial charge in [-0.05, 0) is 84.4 Å². The number of allylic oxidation sites excluding steroid dienone is 9. The minimum atomic E-state index is -0.102. The number of carbonyl (C=O) groups is 1. The van der Waals surface area contributed by atoms with E-state index in [4.69, 9.17) is 0 Å². The Labute approximate surface area is 254 Å². The lowest BCUT2D eigenvalue weighted by molar-refractivity contribution is -0.119. The standard InChI is InChI=1S/C41H46O/c1-5-8-11-18-31(4)34-27-25-33(26-28-34)19-16-24-38-37(17-6-2)29-32(7-3)30-39(41(38)42)40(35-20-12-9-13-21-35)36-22-14-10-15-23-36/h5,8-15,18,20-23,25-29,39-40H,1,6-7,16-17,19,24,30H2,2-4H3/b11-8-,31-18+. The maximum absolute atomic E-state index is 14.6. The lowest BCUT2D eigenvalue weighted by Gasteiger charge is -2.28. The van der Waals surface area contributed by atoms with Gasteiger partial charge in [0, 0.05) is 11.8 Å². The van der Waals surface area contributed by atoms with E-state index in [1.807, 2.05) is 12.2 Å². The number of Topliss-reactive ketones (excluding diaryl/α,β-unsaturated/α-hetero) is 1. The highest BCUT2D eigenvalue weighted by molar-refractivity contribution is 6.00. The van der Waals surface area contributed by atoms with Gasteiger partial charge in [0.2, 0.25) is 0 Å². The Morgan fingerprint density at radius 2 is 1.50 bits per heavy atom. The van der Waals surface area contributed by atoms with E-state index < -0.39 is 0 Å². The fraction of sp³-hybridized carbons (Fsp3) is 0.293. The molecule has 0 heterocycles. The average molecular weight is 555 g/mol. The van der Waals surface area contributed by atoms with Crippen LogP contribution in [0.25, 0.3) is 5.57 Å². The molecule has 1 heteroatoms. The first-order valence-electron chi connectivity index (χ1n) is 15.7. The van der Waals surface area contributed by atoms with E-state index in [9.17, 15) is 4.79 Å². The average Bonchev–Trinajstić information content (AvgIpc) is 3.15. The number of aryl methyl sites for hydroxylation is 1. The highest BCUT2D eigenvalue weighted by Gasteiger charge is 2.35. The molecular weight excluding hydrogens is 508 g/mol. The summed E-state index contributed by atoms with van der Waals surface area (Å²) in [5.74, 6) is 0.282. The molecule has 4 rings (SSSR count). The fourth-order valence-electron chi connectivity index (χ4n) is 6.20. The molecule has 3 aromatic rings. The fourth-order valence-corrected chi connectivity index (χ4v) is 6.20. The largest absolute Gasteiger partial charge is 0.294 e. The molecule has 0 aromatic heterocycles. The molecule has 42 heavy (non-hydrogen) atoms. The predicted molar refractivity (Wildman–Crippen MR) is 181 cm³/mol. The van der Waals surface area contributed by atoms with Gasteiger partial charge in [-0.1, -0.05) is 148 Å². The maximum atomic E-state index is 14.6. The summed E-state index contributed by atoms with van der Waals surface area (Å²) in [6.45, 7) is 10.3. The van der Waals surface area contributed by atoms with E-state index in [-0.39, 0.29) is 11.8 Å². The van der Waals surface area contributed by atoms with Crippen LogP contribution in [0.2, 0.25) is 0 Å². The first kappa shape index (κ1) is 31.0. The summed E-state index contributed by atoms with van der Waals surface area (Å²) in [5.41, 5.74) is 9.95. The Bertz CT molecular complexity index is 1390. The van der Waals surface area contributed by atoms with Crippen LogP contribution in [0, 0.1) is 5.92 Å². The van der Waals surface area contributed by atoms with Crippen molar-refractivity contribution in [1.82, 2.24) is 0 Å². The Balaban J connectivity index is 1.60. The van der Waals surface area contributed by atoms with Crippen molar-refractivity contribution in [2.24, 2.45) is 5.92 Å². The predicted octanol–water partition coefficient (Wildman–Crippen LogP) is 11.0. The molecule has 0 aliphatic heterocycles. The quantitative estimate of drug-likeness (QED) is 0.192. The van der Waals surface area contributed by atoms with Crippen LogP contribution in [0.15, 0.2) is 139 Å². The molecule has 0 amide bonds. The molecule has 0 spiro atoms. The highest BCUT2D eigenvalue weighted by Crippen LogP contribution is 2.41. The lowest BCUT2D eigenvalue weighted by Crippen LogP contribution is -2.25. The molecular formula is C41H46O. The van der Waals surface area contributed by atoms with E-state index >= 15 is 0 Å². The number of benzene rings is 3. The smallest absolute Gasteiger partial charge is 0.163 e. The molecule has 1 atom stereocenters. The summed E-state index contributed by atoms with van der Waals surface area (Å²) in [7, 11) is 0. The summed E-state index contributed by atoms with van der Waals surface area (Å²) in [5, 5.41) is 0. The van der Waals surface area contributed by atoms with Gasteiger partial charge in [-0.3, -0.25) is 4.79 Å². The van der Waals surface area contributed by atoms with Crippen molar-refractivity contribution in [3.63, 3.8) is 0 Å². The van der Waals surface area contributed by atoms with Gasteiger partial charge >= 0.3 is 0 Å². The van der Waals surface area contributed by atoms with E-state index in [0.29, 0.717) is 5.78 Å². The van der Waals surface area contributed by atoms with Crippen LogP contribution in [-0.2, 0) is 11.2 Å². The molecule has 0 bridgehead atoms. The van der Waals surface area contributed by atoms with E-state index in [1.165, 1.54) is 39.0 Å². The van der Waals surface area contributed by atoms with Crippen LogP contribution < -0.4 is 0 Å². The van der Waals surface area contributed by atoms with Gasteiger partial charge in [0.25, 0.3) is 0 Å². The van der Waals surface area contributed by atoms with Crippen molar-refractivity contribution in [2.45, 2.75) is 71.6 Å². The van der Waals surface area contributed by atoms with Crippen molar-refractivity contribution >= 4 is 11.4 Å². The van der Waals surface area contributed by atoms with Gasteiger partial charge in [0.05, 0.1) is 0 Å². The second-order valence-electron chi connectivity index (χ2n) is 11.4. The molecule has 0 N–H and O–H groups in total. The minimum absolute atomic E-state index is 0.0380. The van der Waals surface area contributed by atoms with Crippen LogP contribution in [0.5, 0.6) is 0 Å². The monoisotopic (exact) mass is 554 g/mol. The molecule has 216 valence electrons. The maximum Gasteiger partial charge on any atom is 0.163 e. The molecule has 0 fully saturated rings. The van der Waals surface area contributed by atoms with E-state index in [0.717, 1.165) is 50.5 Å². The van der Waals surface area contributed by atoms with Crippen LogP contribution in [0.4, 0.5) is 0 Å². The lowest BCUT2D eigenvalue weighted by atomic mass is 9.74.